The molecule has 18 heavy (non-hydrogen) atoms. The Labute approximate surface area is 107 Å². The number of carbonyl (C=O) groups is 1. The molecule has 1 aromatic carbocycles. The largest absolute Gasteiger partial charge is 0.494 e. The molecule has 2 N–H and O–H groups in total. The predicted molar refractivity (Wildman–Crippen MR) is 69.2 cm³/mol. The summed E-state index contributed by atoms with van der Waals surface area (Å²) in [6, 6.07) is 4.42. The molecular weight excluding hydrogens is 235 g/mol. The van der Waals surface area contributed by atoms with Gasteiger partial charge in [0.1, 0.15) is 0 Å². The first kappa shape index (κ1) is 14.4. The summed E-state index contributed by atoms with van der Waals surface area (Å²) in [5.74, 6) is -0.675. The highest BCUT2D eigenvalue weighted by Gasteiger charge is 2.20. The van der Waals surface area contributed by atoms with Crippen LogP contribution in [0.3, 0.4) is 0 Å². The minimum atomic E-state index is -0.490. The summed E-state index contributed by atoms with van der Waals surface area (Å²) in [5, 5.41) is 0. The summed E-state index contributed by atoms with van der Waals surface area (Å²) < 4.78 is 18.4. The second-order valence-electron chi connectivity index (χ2n) is 4.06. The number of hydrogen-bond donors (Lipinski definition) is 1. The van der Waals surface area contributed by atoms with Crippen LogP contribution in [0.5, 0.6) is 5.75 Å². The molecule has 1 atom stereocenters. The second-order valence-corrected chi connectivity index (χ2v) is 4.06. The minimum absolute atomic E-state index is 0.107. The van der Waals surface area contributed by atoms with Gasteiger partial charge in [-0.25, -0.2) is 4.39 Å². The number of rotatable bonds is 5. The first-order chi connectivity index (χ1) is 8.54. The van der Waals surface area contributed by atoms with Crippen molar-refractivity contribution in [3.63, 3.8) is 0 Å². The lowest BCUT2D eigenvalue weighted by atomic mass is 10.1. The van der Waals surface area contributed by atoms with Gasteiger partial charge in [-0.15, -0.1) is 0 Å². The summed E-state index contributed by atoms with van der Waals surface area (Å²) in [7, 11) is 3.01. The third-order valence-corrected chi connectivity index (χ3v) is 2.98. The lowest BCUT2D eigenvalue weighted by Gasteiger charge is -2.22. The van der Waals surface area contributed by atoms with Gasteiger partial charge in [0.2, 0.25) is 5.91 Å². The lowest BCUT2D eigenvalue weighted by molar-refractivity contribution is -0.121. The van der Waals surface area contributed by atoms with Crippen LogP contribution in [0.1, 0.15) is 13.3 Å². The average molecular weight is 254 g/mol. The Morgan fingerprint density at radius 3 is 2.67 bits per heavy atom. The van der Waals surface area contributed by atoms with Crippen molar-refractivity contribution in [2.75, 3.05) is 25.6 Å². The fraction of sp³-hybridized carbons (Fsp3) is 0.462. The van der Waals surface area contributed by atoms with Gasteiger partial charge < -0.3 is 15.4 Å². The molecule has 100 valence electrons. The zero-order chi connectivity index (χ0) is 13.7. The molecule has 5 heteroatoms. The lowest BCUT2D eigenvalue weighted by Crippen LogP contribution is -2.36. The smallest absolute Gasteiger partial charge is 0.231 e. The molecule has 0 saturated heterocycles. The monoisotopic (exact) mass is 254 g/mol. The molecule has 1 amide bonds. The van der Waals surface area contributed by atoms with E-state index in [-0.39, 0.29) is 24.1 Å². The van der Waals surface area contributed by atoms with Gasteiger partial charge in [0, 0.05) is 25.3 Å². The molecule has 0 aromatic heterocycles. The Morgan fingerprint density at radius 2 is 2.22 bits per heavy atom. The highest BCUT2D eigenvalue weighted by Crippen LogP contribution is 2.24. The van der Waals surface area contributed by atoms with Crippen LogP contribution in [-0.4, -0.2) is 26.6 Å². The topological polar surface area (TPSA) is 55.6 Å². The molecule has 0 heterocycles. The van der Waals surface area contributed by atoms with Crippen LogP contribution >= 0.6 is 0 Å². The van der Waals surface area contributed by atoms with Crippen molar-refractivity contribution >= 4 is 11.6 Å². The third-order valence-electron chi connectivity index (χ3n) is 2.98. The SMILES string of the molecule is CCC(CN)C(=O)N(C)c1ccc(OC)c(F)c1. The van der Waals surface area contributed by atoms with Crippen LogP contribution in [0.25, 0.3) is 0 Å². The van der Waals surface area contributed by atoms with E-state index in [2.05, 4.69) is 0 Å². The highest BCUT2D eigenvalue weighted by atomic mass is 19.1. The molecule has 0 aliphatic rings. The van der Waals surface area contributed by atoms with Gasteiger partial charge in [0.25, 0.3) is 0 Å². The molecule has 1 rings (SSSR count). The van der Waals surface area contributed by atoms with Gasteiger partial charge in [-0.1, -0.05) is 6.92 Å². The Balaban J connectivity index is 2.93. The number of anilines is 1. The first-order valence-electron chi connectivity index (χ1n) is 5.86. The molecule has 0 radical (unpaired) electrons. The standard InChI is InChI=1S/C13H19FN2O2/c1-4-9(8-15)13(17)16(2)10-5-6-12(18-3)11(14)7-10/h5-7,9H,4,8,15H2,1-3H3. The number of methoxy groups -OCH3 is 1. The Morgan fingerprint density at radius 1 is 1.56 bits per heavy atom. The molecule has 1 unspecified atom stereocenters. The van der Waals surface area contributed by atoms with E-state index in [1.807, 2.05) is 6.92 Å². The minimum Gasteiger partial charge on any atom is -0.494 e. The van der Waals surface area contributed by atoms with E-state index in [9.17, 15) is 9.18 Å². The Bertz CT molecular complexity index is 419. The first-order valence-corrected chi connectivity index (χ1v) is 5.86. The van der Waals surface area contributed by atoms with E-state index >= 15 is 0 Å². The average Bonchev–Trinajstić information content (AvgIpc) is 2.39. The van der Waals surface area contributed by atoms with E-state index in [0.717, 1.165) is 0 Å². The highest BCUT2D eigenvalue weighted by molar-refractivity contribution is 5.94. The number of halogens is 1. The molecule has 0 aliphatic carbocycles. The number of hydrogen-bond acceptors (Lipinski definition) is 3. The van der Waals surface area contributed by atoms with Crippen molar-refractivity contribution in [2.24, 2.45) is 11.7 Å². The van der Waals surface area contributed by atoms with Gasteiger partial charge in [0.05, 0.1) is 13.0 Å². The van der Waals surface area contributed by atoms with Gasteiger partial charge in [0.15, 0.2) is 11.6 Å². The third kappa shape index (κ3) is 2.98. The molecule has 0 spiro atoms. The molecule has 4 nitrogen and oxygen atoms in total. The summed E-state index contributed by atoms with van der Waals surface area (Å²) in [5.41, 5.74) is 6.02. The van der Waals surface area contributed by atoms with Crippen molar-refractivity contribution in [3.05, 3.63) is 24.0 Å². The number of ether oxygens (including phenoxy) is 1. The number of nitrogens with two attached hydrogens (primary N) is 1. The Hall–Kier alpha value is -1.62. The summed E-state index contributed by atoms with van der Waals surface area (Å²) in [4.78, 5) is 13.5. The van der Waals surface area contributed by atoms with Crippen LogP contribution < -0.4 is 15.4 Å². The maximum absolute atomic E-state index is 13.6. The fourth-order valence-electron chi connectivity index (χ4n) is 1.71. The van der Waals surface area contributed by atoms with Crippen molar-refractivity contribution in [1.82, 2.24) is 0 Å². The predicted octanol–water partition coefficient (Wildman–Crippen LogP) is 1.78. The summed E-state index contributed by atoms with van der Waals surface area (Å²) in [6.45, 7) is 2.19. The van der Waals surface area contributed by atoms with Crippen LogP contribution in [0, 0.1) is 11.7 Å². The molecular formula is C13H19FN2O2. The van der Waals surface area contributed by atoms with E-state index in [1.165, 1.54) is 24.1 Å². The van der Waals surface area contributed by atoms with Gasteiger partial charge in [-0.2, -0.15) is 0 Å². The molecule has 0 saturated carbocycles. The van der Waals surface area contributed by atoms with Crippen molar-refractivity contribution < 1.29 is 13.9 Å². The second kappa shape index (κ2) is 6.35. The van der Waals surface area contributed by atoms with Crippen LogP contribution in [0.4, 0.5) is 10.1 Å². The van der Waals surface area contributed by atoms with Crippen LogP contribution in [0.15, 0.2) is 18.2 Å². The maximum atomic E-state index is 13.6. The number of amides is 1. The molecule has 0 fully saturated rings. The van der Waals surface area contributed by atoms with Gasteiger partial charge >= 0.3 is 0 Å². The van der Waals surface area contributed by atoms with Crippen molar-refractivity contribution in [3.8, 4) is 5.75 Å². The zero-order valence-electron chi connectivity index (χ0n) is 10.9. The number of carbonyl (C=O) groups excluding carboxylic acids is 1. The molecule has 0 aliphatic heterocycles. The van der Waals surface area contributed by atoms with Crippen LogP contribution in [0.2, 0.25) is 0 Å². The summed E-state index contributed by atoms with van der Waals surface area (Å²) >= 11 is 0. The number of nitrogens with zero attached hydrogens (tertiary/aromatic N) is 1. The van der Waals surface area contributed by atoms with Gasteiger partial charge in [-0.05, 0) is 18.6 Å². The zero-order valence-corrected chi connectivity index (χ0v) is 10.9. The van der Waals surface area contributed by atoms with E-state index < -0.39 is 5.82 Å². The molecule has 0 bridgehead atoms. The van der Waals surface area contributed by atoms with Crippen molar-refractivity contribution in [1.29, 1.82) is 0 Å². The fourth-order valence-corrected chi connectivity index (χ4v) is 1.71. The maximum Gasteiger partial charge on any atom is 0.231 e. The van der Waals surface area contributed by atoms with Crippen LogP contribution in [-0.2, 0) is 4.79 Å². The summed E-state index contributed by atoms with van der Waals surface area (Å²) in [6.07, 6.45) is 0.665. The van der Waals surface area contributed by atoms with E-state index in [4.69, 9.17) is 10.5 Å². The van der Waals surface area contributed by atoms with Crippen molar-refractivity contribution in [2.45, 2.75) is 13.3 Å². The quantitative estimate of drug-likeness (QED) is 0.871. The molecule has 1 aromatic rings. The Kier molecular flexibility index (Phi) is 5.09. The van der Waals surface area contributed by atoms with E-state index in [1.54, 1.807) is 13.1 Å². The van der Waals surface area contributed by atoms with Gasteiger partial charge in [-0.3, -0.25) is 4.79 Å². The number of benzene rings is 1. The van der Waals surface area contributed by atoms with E-state index in [0.29, 0.717) is 12.1 Å². The normalized spacial score (nSPS) is 12.1.